The lowest BCUT2D eigenvalue weighted by Crippen LogP contribution is -2.39. The van der Waals surface area contributed by atoms with Crippen LogP contribution < -0.4 is 14.9 Å². The van der Waals surface area contributed by atoms with Gasteiger partial charge in [-0.3, -0.25) is 9.36 Å². The minimum Gasteiger partial charge on any atom is -0.466 e. The molecule has 3 aromatic rings. The molecule has 1 unspecified atom stereocenters. The van der Waals surface area contributed by atoms with Crippen LogP contribution in [0, 0.1) is 6.92 Å². The molecule has 1 aromatic carbocycles. The van der Waals surface area contributed by atoms with Gasteiger partial charge < -0.3 is 9.47 Å². The van der Waals surface area contributed by atoms with Crippen molar-refractivity contribution in [2.75, 3.05) is 14.2 Å². The van der Waals surface area contributed by atoms with Crippen molar-refractivity contribution in [3.8, 4) is 0 Å². The second-order valence-corrected chi connectivity index (χ2v) is 9.11. The quantitative estimate of drug-likeness (QED) is 0.550. The van der Waals surface area contributed by atoms with E-state index in [1.165, 1.54) is 30.1 Å². The average Bonchev–Trinajstić information content (AvgIpc) is 3.34. The van der Waals surface area contributed by atoms with Crippen molar-refractivity contribution < 1.29 is 19.1 Å². The lowest BCUT2D eigenvalue weighted by atomic mass is 9.95. The van der Waals surface area contributed by atoms with E-state index in [-0.39, 0.29) is 11.1 Å². The van der Waals surface area contributed by atoms with Gasteiger partial charge in [0.1, 0.15) is 0 Å². The Morgan fingerprint density at radius 2 is 1.75 bits per heavy atom. The number of methoxy groups -OCH3 is 2. The Bertz CT molecular complexity index is 1420. The summed E-state index contributed by atoms with van der Waals surface area (Å²) in [6.07, 6.45) is 1.86. The highest BCUT2D eigenvalue weighted by molar-refractivity contribution is 7.11. The van der Waals surface area contributed by atoms with Crippen molar-refractivity contribution in [3.63, 3.8) is 0 Å². The third-order valence-corrected chi connectivity index (χ3v) is 7.19. The number of benzene rings is 1. The number of hydrogen-bond donors (Lipinski definition) is 0. The van der Waals surface area contributed by atoms with Crippen LogP contribution in [-0.4, -0.2) is 30.7 Å². The topological polar surface area (TPSA) is 87.0 Å². The van der Waals surface area contributed by atoms with Gasteiger partial charge in [0.05, 0.1) is 41.6 Å². The first-order chi connectivity index (χ1) is 15.3. The van der Waals surface area contributed by atoms with E-state index in [4.69, 9.17) is 9.47 Å². The van der Waals surface area contributed by atoms with Crippen LogP contribution in [-0.2, 0) is 14.3 Å². The number of carbonyl (C=O) groups excluding carboxylic acids is 2. The number of hydrogen-bond acceptors (Lipinski definition) is 8. The first-order valence-corrected chi connectivity index (χ1v) is 11.4. The Morgan fingerprint density at radius 1 is 1.06 bits per heavy atom. The van der Waals surface area contributed by atoms with Crippen molar-refractivity contribution in [1.29, 1.82) is 0 Å². The molecule has 1 aliphatic heterocycles. The summed E-state index contributed by atoms with van der Waals surface area (Å²) >= 11 is 2.83. The van der Waals surface area contributed by atoms with Crippen molar-refractivity contribution in [2.45, 2.75) is 19.9 Å². The number of nitrogens with zero attached hydrogens (tertiary/aromatic N) is 2. The normalized spacial score (nSPS) is 15.9. The lowest BCUT2D eigenvalue weighted by Gasteiger charge is -2.24. The number of esters is 2. The number of allylic oxidation sites excluding steroid dienone is 1. The molecule has 7 nitrogen and oxygen atoms in total. The first kappa shape index (κ1) is 21.9. The van der Waals surface area contributed by atoms with E-state index in [1.54, 1.807) is 42.5 Å². The lowest BCUT2D eigenvalue weighted by molar-refractivity contribution is -0.136. The van der Waals surface area contributed by atoms with Crippen LogP contribution >= 0.6 is 22.7 Å². The average molecular weight is 469 g/mol. The molecular formula is C23H20N2O5S2. The summed E-state index contributed by atoms with van der Waals surface area (Å²) in [4.78, 5) is 44.0. The van der Waals surface area contributed by atoms with Crippen molar-refractivity contribution in [2.24, 2.45) is 4.99 Å². The summed E-state index contributed by atoms with van der Waals surface area (Å²) in [5.41, 5.74) is 2.65. The molecule has 164 valence electrons. The molecule has 0 spiro atoms. The predicted molar refractivity (Wildman–Crippen MR) is 123 cm³/mol. The molecule has 0 radical (unpaired) electrons. The number of aromatic nitrogens is 1. The fourth-order valence-corrected chi connectivity index (χ4v) is 5.54. The van der Waals surface area contributed by atoms with Gasteiger partial charge in [0.25, 0.3) is 5.56 Å². The molecule has 9 heteroatoms. The predicted octanol–water partition coefficient (Wildman–Crippen LogP) is 2.56. The third kappa shape index (κ3) is 3.74. The highest BCUT2D eigenvalue weighted by atomic mass is 32.1. The fourth-order valence-electron chi connectivity index (χ4n) is 3.58. The number of rotatable bonds is 4. The number of aryl methyl sites for hydroxylation is 1. The van der Waals surface area contributed by atoms with E-state index in [2.05, 4.69) is 4.99 Å². The van der Waals surface area contributed by atoms with Gasteiger partial charge in [0, 0.05) is 4.88 Å². The van der Waals surface area contributed by atoms with Crippen LogP contribution in [0.15, 0.2) is 56.8 Å². The molecule has 0 saturated heterocycles. The van der Waals surface area contributed by atoms with Gasteiger partial charge in [0.2, 0.25) is 0 Å². The van der Waals surface area contributed by atoms with Crippen LogP contribution in [0.2, 0.25) is 0 Å². The molecule has 4 rings (SSSR count). The zero-order chi connectivity index (χ0) is 23.0. The van der Waals surface area contributed by atoms with Gasteiger partial charge in [-0.15, -0.1) is 11.3 Å². The number of thiophene rings is 1. The number of ether oxygens (including phenoxy) is 2. The Morgan fingerprint density at radius 3 is 2.34 bits per heavy atom. The van der Waals surface area contributed by atoms with Gasteiger partial charge >= 0.3 is 11.9 Å². The Kier molecular flexibility index (Phi) is 5.94. The molecule has 0 fully saturated rings. The molecule has 1 atom stereocenters. The van der Waals surface area contributed by atoms with Gasteiger partial charge in [-0.2, -0.15) is 0 Å². The van der Waals surface area contributed by atoms with Crippen LogP contribution in [0.5, 0.6) is 0 Å². The molecule has 32 heavy (non-hydrogen) atoms. The Labute approximate surface area is 191 Å². The summed E-state index contributed by atoms with van der Waals surface area (Å²) in [6.45, 7) is 3.72. The van der Waals surface area contributed by atoms with Gasteiger partial charge in [-0.05, 0) is 54.6 Å². The summed E-state index contributed by atoms with van der Waals surface area (Å²) in [6, 6.07) is 7.90. The molecular weight excluding hydrogens is 448 g/mol. The zero-order valence-corrected chi connectivity index (χ0v) is 19.5. The van der Waals surface area contributed by atoms with Crippen molar-refractivity contribution >= 4 is 40.7 Å². The summed E-state index contributed by atoms with van der Waals surface area (Å²) in [7, 11) is 2.61. The maximum Gasteiger partial charge on any atom is 0.338 e. The molecule has 0 bridgehead atoms. The van der Waals surface area contributed by atoms with Crippen LogP contribution in [0.4, 0.5) is 0 Å². The SMILES string of the molecule is COC(=O)C1=C(C)N=c2sc(=Cc3sccc3C)c(=O)n2C1c1ccc(C(=O)OC)cc1. The molecule has 0 aliphatic carbocycles. The van der Waals surface area contributed by atoms with E-state index in [1.807, 2.05) is 24.4 Å². The second kappa shape index (κ2) is 8.68. The Balaban J connectivity index is 1.94. The smallest absolute Gasteiger partial charge is 0.338 e. The second-order valence-electron chi connectivity index (χ2n) is 7.15. The van der Waals surface area contributed by atoms with Crippen molar-refractivity contribution in [3.05, 3.63) is 88.2 Å². The number of fused-ring (bicyclic) bond motifs is 1. The minimum absolute atomic E-state index is 0.238. The maximum absolute atomic E-state index is 13.5. The van der Waals surface area contributed by atoms with Crippen LogP contribution in [0.25, 0.3) is 6.08 Å². The standard InChI is InChI=1S/C23H20N2O5S2/c1-12-9-10-31-16(12)11-17-20(26)25-19(14-5-7-15(8-6-14)21(27)29-3)18(22(28)30-4)13(2)24-23(25)32-17/h5-11,19H,1-4H3. The highest BCUT2D eigenvalue weighted by Crippen LogP contribution is 2.30. The summed E-state index contributed by atoms with van der Waals surface area (Å²) < 4.78 is 11.8. The van der Waals surface area contributed by atoms with Gasteiger partial charge in [-0.1, -0.05) is 23.5 Å². The number of carbonyl (C=O) groups is 2. The van der Waals surface area contributed by atoms with E-state index in [9.17, 15) is 14.4 Å². The molecule has 3 heterocycles. The number of thiazole rings is 1. The van der Waals surface area contributed by atoms with E-state index in [0.717, 1.165) is 10.4 Å². The van der Waals surface area contributed by atoms with Gasteiger partial charge in [-0.25, -0.2) is 14.6 Å². The van der Waals surface area contributed by atoms with Gasteiger partial charge in [0.15, 0.2) is 4.80 Å². The first-order valence-electron chi connectivity index (χ1n) is 9.69. The minimum atomic E-state index is -0.725. The molecule has 1 aliphatic rings. The molecule has 0 amide bonds. The molecule has 0 saturated carbocycles. The van der Waals surface area contributed by atoms with E-state index >= 15 is 0 Å². The highest BCUT2D eigenvalue weighted by Gasteiger charge is 2.33. The zero-order valence-electron chi connectivity index (χ0n) is 17.9. The van der Waals surface area contributed by atoms with Crippen LogP contribution in [0.1, 0.15) is 39.3 Å². The summed E-state index contributed by atoms with van der Waals surface area (Å²) in [5.74, 6) is -1.02. The molecule has 2 aromatic heterocycles. The monoisotopic (exact) mass is 468 g/mol. The summed E-state index contributed by atoms with van der Waals surface area (Å²) in [5, 5.41) is 1.98. The molecule has 0 N–H and O–H groups in total. The van der Waals surface area contributed by atoms with E-state index in [0.29, 0.717) is 26.2 Å². The van der Waals surface area contributed by atoms with Crippen LogP contribution in [0.3, 0.4) is 0 Å². The maximum atomic E-state index is 13.5. The largest absolute Gasteiger partial charge is 0.466 e. The van der Waals surface area contributed by atoms with E-state index < -0.39 is 18.0 Å². The third-order valence-electron chi connectivity index (χ3n) is 5.24. The Hall–Kier alpha value is -3.30. The van der Waals surface area contributed by atoms with Crippen molar-refractivity contribution in [1.82, 2.24) is 4.57 Å². The fraction of sp³-hybridized carbons (Fsp3) is 0.217.